The van der Waals surface area contributed by atoms with Gasteiger partial charge < -0.3 is 15.7 Å². The number of aliphatic carboxylic acids is 1. The lowest BCUT2D eigenvalue weighted by molar-refractivity contribution is -0.149. The van der Waals surface area contributed by atoms with Crippen LogP contribution in [0.4, 0.5) is 0 Å². The van der Waals surface area contributed by atoms with Crippen molar-refractivity contribution in [2.45, 2.75) is 51.5 Å². The van der Waals surface area contributed by atoms with Crippen molar-refractivity contribution in [2.75, 3.05) is 13.6 Å². The molecule has 1 rings (SSSR count). The van der Waals surface area contributed by atoms with E-state index in [2.05, 4.69) is 0 Å². The van der Waals surface area contributed by atoms with Crippen LogP contribution in [-0.4, -0.2) is 41.5 Å². The molecule has 0 aliphatic heterocycles. The van der Waals surface area contributed by atoms with Crippen molar-refractivity contribution >= 4 is 11.9 Å². The van der Waals surface area contributed by atoms with Gasteiger partial charge in [-0.15, -0.1) is 0 Å². The molecule has 1 unspecified atom stereocenters. The number of carbonyl (C=O) groups excluding carboxylic acids is 1. The Balaban J connectivity index is 2.64. The minimum atomic E-state index is -0.976. The zero-order valence-electron chi connectivity index (χ0n) is 11.3. The van der Waals surface area contributed by atoms with Crippen LogP contribution in [0.15, 0.2) is 0 Å². The van der Waals surface area contributed by atoms with Crippen molar-refractivity contribution in [3.05, 3.63) is 0 Å². The van der Waals surface area contributed by atoms with Gasteiger partial charge in [-0.25, -0.2) is 4.79 Å². The number of hydrogen-bond donors (Lipinski definition) is 2. The molecule has 0 bridgehead atoms. The standard InChI is InChI=1S/C13H24N2O3/c1-10(12(17)18)15(2)11(16)8-13(9-14)6-4-3-5-7-13/h10H,3-9,14H2,1-2H3,(H,17,18). The van der Waals surface area contributed by atoms with Gasteiger partial charge in [-0.1, -0.05) is 19.3 Å². The molecule has 1 aliphatic rings. The van der Waals surface area contributed by atoms with E-state index in [0.717, 1.165) is 25.7 Å². The molecule has 0 aromatic heterocycles. The lowest BCUT2D eigenvalue weighted by atomic mass is 9.71. The Kier molecular flexibility index (Phi) is 5.14. The average Bonchev–Trinajstić information content (AvgIpc) is 2.37. The molecule has 5 heteroatoms. The molecule has 1 aliphatic carbocycles. The van der Waals surface area contributed by atoms with Gasteiger partial charge in [0.1, 0.15) is 6.04 Å². The van der Waals surface area contributed by atoms with Gasteiger partial charge in [0.2, 0.25) is 5.91 Å². The normalized spacial score (nSPS) is 20.2. The van der Waals surface area contributed by atoms with E-state index in [1.807, 2.05) is 0 Å². The largest absolute Gasteiger partial charge is 0.480 e. The van der Waals surface area contributed by atoms with Gasteiger partial charge in [-0.05, 0) is 31.7 Å². The number of rotatable bonds is 5. The second-order valence-corrected chi connectivity index (χ2v) is 5.46. The Morgan fingerprint density at radius 1 is 1.33 bits per heavy atom. The first-order chi connectivity index (χ1) is 8.42. The SMILES string of the molecule is CC(C(=O)O)N(C)C(=O)CC1(CN)CCCCC1. The van der Waals surface area contributed by atoms with Crippen LogP contribution in [0.25, 0.3) is 0 Å². The first-order valence-corrected chi connectivity index (χ1v) is 6.60. The molecule has 3 N–H and O–H groups in total. The number of hydrogen-bond acceptors (Lipinski definition) is 3. The number of amides is 1. The van der Waals surface area contributed by atoms with Crippen molar-refractivity contribution in [1.82, 2.24) is 4.90 Å². The van der Waals surface area contributed by atoms with E-state index in [9.17, 15) is 9.59 Å². The first kappa shape index (κ1) is 15.0. The zero-order valence-corrected chi connectivity index (χ0v) is 11.3. The van der Waals surface area contributed by atoms with Gasteiger partial charge in [0.25, 0.3) is 0 Å². The van der Waals surface area contributed by atoms with E-state index in [1.165, 1.54) is 18.2 Å². The molecule has 1 fully saturated rings. The highest BCUT2D eigenvalue weighted by Gasteiger charge is 2.35. The van der Waals surface area contributed by atoms with Crippen LogP contribution in [-0.2, 0) is 9.59 Å². The lowest BCUT2D eigenvalue weighted by Crippen LogP contribution is -2.44. The van der Waals surface area contributed by atoms with E-state index in [4.69, 9.17) is 10.8 Å². The Hall–Kier alpha value is -1.10. The average molecular weight is 256 g/mol. The topological polar surface area (TPSA) is 83.6 Å². The van der Waals surface area contributed by atoms with Gasteiger partial charge >= 0.3 is 5.97 Å². The summed E-state index contributed by atoms with van der Waals surface area (Å²) in [5.41, 5.74) is 5.73. The van der Waals surface area contributed by atoms with Crippen LogP contribution >= 0.6 is 0 Å². The Bertz CT molecular complexity index is 311. The summed E-state index contributed by atoms with van der Waals surface area (Å²) in [5.74, 6) is -1.09. The van der Waals surface area contributed by atoms with E-state index in [1.54, 1.807) is 7.05 Å². The zero-order chi connectivity index (χ0) is 13.8. The summed E-state index contributed by atoms with van der Waals surface area (Å²) in [6, 6.07) is -0.782. The summed E-state index contributed by atoms with van der Waals surface area (Å²) < 4.78 is 0. The van der Waals surface area contributed by atoms with Crippen LogP contribution in [0.1, 0.15) is 45.4 Å². The first-order valence-electron chi connectivity index (χ1n) is 6.60. The number of carboxylic acids is 1. The molecule has 5 nitrogen and oxygen atoms in total. The van der Waals surface area contributed by atoms with Crippen molar-refractivity contribution in [3.8, 4) is 0 Å². The summed E-state index contributed by atoms with van der Waals surface area (Å²) in [4.78, 5) is 24.3. The maximum atomic E-state index is 12.1. The fourth-order valence-electron chi connectivity index (χ4n) is 2.58. The minimum absolute atomic E-state index is 0.109. The number of likely N-dealkylation sites (N-methyl/N-ethyl adjacent to an activating group) is 1. The quantitative estimate of drug-likeness (QED) is 0.774. The predicted molar refractivity (Wildman–Crippen MR) is 69.1 cm³/mol. The molecule has 0 radical (unpaired) electrons. The van der Waals surface area contributed by atoms with E-state index in [0.29, 0.717) is 13.0 Å². The molecule has 1 saturated carbocycles. The van der Waals surface area contributed by atoms with Gasteiger partial charge in [-0.2, -0.15) is 0 Å². The van der Waals surface area contributed by atoms with E-state index in [-0.39, 0.29) is 11.3 Å². The van der Waals surface area contributed by atoms with Gasteiger partial charge in [0.15, 0.2) is 0 Å². The van der Waals surface area contributed by atoms with Crippen LogP contribution in [0.3, 0.4) is 0 Å². The number of nitrogens with two attached hydrogens (primary N) is 1. The van der Waals surface area contributed by atoms with Gasteiger partial charge in [0, 0.05) is 13.5 Å². The molecule has 0 saturated heterocycles. The highest BCUT2D eigenvalue weighted by Crippen LogP contribution is 2.38. The number of nitrogens with zero attached hydrogens (tertiary/aromatic N) is 1. The molecular weight excluding hydrogens is 232 g/mol. The molecule has 0 aromatic rings. The Morgan fingerprint density at radius 2 is 1.89 bits per heavy atom. The van der Waals surface area contributed by atoms with Crippen molar-refractivity contribution in [2.24, 2.45) is 11.1 Å². The van der Waals surface area contributed by atoms with Crippen molar-refractivity contribution in [1.29, 1.82) is 0 Å². The van der Waals surface area contributed by atoms with Crippen molar-refractivity contribution < 1.29 is 14.7 Å². The third-order valence-corrected chi connectivity index (χ3v) is 4.21. The maximum absolute atomic E-state index is 12.1. The molecule has 0 aromatic carbocycles. The lowest BCUT2D eigenvalue weighted by Gasteiger charge is -2.37. The third kappa shape index (κ3) is 3.45. The molecular formula is C13H24N2O3. The van der Waals surface area contributed by atoms with Crippen LogP contribution < -0.4 is 5.73 Å². The smallest absolute Gasteiger partial charge is 0.326 e. The summed E-state index contributed by atoms with van der Waals surface area (Å²) in [6.45, 7) is 2.03. The summed E-state index contributed by atoms with van der Waals surface area (Å²) in [6.07, 6.45) is 5.76. The van der Waals surface area contributed by atoms with E-state index >= 15 is 0 Å². The second kappa shape index (κ2) is 6.18. The summed E-state index contributed by atoms with van der Waals surface area (Å²) in [7, 11) is 1.55. The number of carbonyl (C=O) groups is 2. The monoisotopic (exact) mass is 256 g/mol. The number of carboxylic acid groups (broad SMARTS) is 1. The molecule has 1 atom stereocenters. The molecule has 0 heterocycles. The minimum Gasteiger partial charge on any atom is -0.480 e. The van der Waals surface area contributed by atoms with Crippen LogP contribution in [0.2, 0.25) is 0 Å². The molecule has 18 heavy (non-hydrogen) atoms. The summed E-state index contributed by atoms with van der Waals surface area (Å²) in [5, 5.41) is 8.91. The molecule has 0 spiro atoms. The fourth-order valence-corrected chi connectivity index (χ4v) is 2.58. The van der Waals surface area contributed by atoms with Crippen LogP contribution in [0, 0.1) is 5.41 Å². The molecule has 1 amide bonds. The predicted octanol–water partition coefficient (Wildman–Crippen LogP) is 1.22. The van der Waals surface area contributed by atoms with Gasteiger partial charge in [-0.3, -0.25) is 4.79 Å². The second-order valence-electron chi connectivity index (χ2n) is 5.46. The van der Waals surface area contributed by atoms with E-state index < -0.39 is 12.0 Å². The molecule has 104 valence electrons. The Labute approximate surface area is 108 Å². The third-order valence-electron chi connectivity index (χ3n) is 4.21. The van der Waals surface area contributed by atoms with Gasteiger partial charge in [0.05, 0.1) is 0 Å². The highest BCUT2D eigenvalue weighted by atomic mass is 16.4. The Morgan fingerprint density at radius 3 is 2.33 bits per heavy atom. The summed E-state index contributed by atoms with van der Waals surface area (Å²) >= 11 is 0. The van der Waals surface area contributed by atoms with Crippen molar-refractivity contribution in [3.63, 3.8) is 0 Å². The fraction of sp³-hybridized carbons (Fsp3) is 0.846. The maximum Gasteiger partial charge on any atom is 0.326 e. The highest BCUT2D eigenvalue weighted by molar-refractivity contribution is 5.83. The van der Waals surface area contributed by atoms with Crippen LogP contribution in [0.5, 0.6) is 0 Å².